The van der Waals surface area contributed by atoms with Crippen LogP contribution in [0.2, 0.25) is 5.02 Å². The molecule has 0 saturated heterocycles. The van der Waals surface area contributed by atoms with Gasteiger partial charge < -0.3 is 25.3 Å². The van der Waals surface area contributed by atoms with Crippen molar-refractivity contribution in [1.29, 1.82) is 0 Å². The first-order valence-electron chi connectivity index (χ1n) is 12.1. The Kier molecular flexibility index (Phi) is 7.30. The predicted molar refractivity (Wildman–Crippen MR) is 143 cm³/mol. The zero-order chi connectivity index (χ0) is 27.8. The molecule has 0 aromatic heterocycles. The van der Waals surface area contributed by atoms with E-state index >= 15 is 4.39 Å². The third-order valence-electron chi connectivity index (χ3n) is 6.71. The van der Waals surface area contributed by atoms with E-state index in [9.17, 15) is 9.59 Å². The number of hydrogen-bond acceptors (Lipinski definition) is 5. The van der Waals surface area contributed by atoms with Crippen LogP contribution in [0.5, 0.6) is 11.5 Å². The molecule has 0 aliphatic carbocycles. The molecule has 7 nitrogen and oxygen atoms in total. The van der Waals surface area contributed by atoms with Gasteiger partial charge in [-0.2, -0.15) is 0 Å². The number of carbonyl (C=O) groups excluding carboxylic acids is 2. The summed E-state index contributed by atoms with van der Waals surface area (Å²) in [4.78, 5) is 24.9. The van der Waals surface area contributed by atoms with Gasteiger partial charge in [0.1, 0.15) is 5.75 Å². The number of hydrogen-bond donors (Lipinski definition) is 2. The first-order chi connectivity index (χ1) is 17.9. The van der Waals surface area contributed by atoms with Crippen LogP contribution < -0.4 is 20.5 Å². The largest absolute Gasteiger partial charge is 0.494 e. The van der Waals surface area contributed by atoms with E-state index < -0.39 is 34.9 Å². The molecule has 0 unspecified atom stereocenters. The fraction of sp³-hybridized carbons (Fsp3) is 0.310. The molecule has 38 heavy (non-hydrogen) atoms. The highest BCUT2D eigenvalue weighted by atomic mass is 35.5. The zero-order valence-corrected chi connectivity index (χ0v) is 22.6. The number of carbonyl (C=O) groups is 2. The summed E-state index contributed by atoms with van der Waals surface area (Å²) in [5.74, 6) is -0.852. The molecule has 2 atom stereocenters. The second-order valence-corrected chi connectivity index (χ2v) is 10.6. The van der Waals surface area contributed by atoms with Crippen molar-refractivity contribution in [2.45, 2.75) is 38.9 Å². The number of methoxy groups -OCH3 is 1. The number of nitrogens with two attached hydrogens (primary N) is 1. The molecule has 0 saturated carbocycles. The Balaban J connectivity index is 2.03. The molecule has 0 spiro atoms. The van der Waals surface area contributed by atoms with Crippen LogP contribution in [0.25, 0.3) is 11.1 Å². The van der Waals surface area contributed by atoms with Crippen LogP contribution in [0.1, 0.15) is 42.3 Å². The van der Waals surface area contributed by atoms with E-state index in [-0.39, 0.29) is 28.3 Å². The zero-order valence-electron chi connectivity index (χ0n) is 21.9. The van der Waals surface area contributed by atoms with Gasteiger partial charge >= 0.3 is 6.09 Å². The molecule has 3 N–H and O–H groups in total. The Bertz CT molecular complexity index is 1390. The Morgan fingerprint density at radius 1 is 1.11 bits per heavy atom. The van der Waals surface area contributed by atoms with Gasteiger partial charge in [-0.15, -0.1) is 0 Å². The number of ether oxygens (including phenoxy) is 3. The number of fused-ring (bicyclic) bond motifs is 1. The monoisotopic (exact) mass is 540 g/mol. The number of halogens is 2. The van der Waals surface area contributed by atoms with Gasteiger partial charge in [0.2, 0.25) is 0 Å². The van der Waals surface area contributed by atoms with E-state index in [4.69, 9.17) is 31.5 Å². The van der Waals surface area contributed by atoms with Crippen molar-refractivity contribution in [3.05, 3.63) is 82.1 Å². The highest BCUT2D eigenvalue weighted by molar-refractivity contribution is 6.34. The van der Waals surface area contributed by atoms with Gasteiger partial charge in [-0.05, 0) is 29.8 Å². The van der Waals surface area contributed by atoms with Crippen molar-refractivity contribution >= 4 is 23.6 Å². The van der Waals surface area contributed by atoms with Crippen molar-refractivity contribution in [1.82, 2.24) is 5.32 Å². The van der Waals surface area contributed by atoms with Crippen molar-refractivity contribution in [3.8, 4) is 22.6 Å². The smallest absolute Gasteiger partial charge is 0.404 e. The van der Waals surface area contributed by atoms with Crippen LogP contribution in [-0.4, -0.2) is 32.3 Å². The van der Waals surface area contributed by atoms with Crippen LogP contribution >= 0.6 is 11.6 Å². The lowest BCUT2D eigenvalue weighted by atomic mass is 9.72. The maximum Gasteiger partial charge on any atom is 0.404 e. The van der Waals surface area contributed by atoms with E-state index in [0.29, 0.717) is 16.9 Å². The Hall–Kier alpha value is -3.78. The van der Waals surface area contributed by atoms with Gasteiger partial charge in [0.15, 0.2) is 23.3 Å². The normalized spacial score (nSPS) is 17.2. The summed E-state index contributed by atoms with van der Waals surface area (Å²) in [5, 5.41) is 2.77. The number of primary amides is 1. The van der Waals surface area contributed by atoms with Gasteiger partial charge in [0, 0.05) is 40.6 Å². The predicted octanol–water partition coefficient (Wildman–Crippen LogP) is 5.85. The second-order valence-electron chi connectivity index (χ2n) is 10.2. The molecule has 3 aromatic carbocycles. The molecule has 1 aliphatic rings. The molecule has 3 aromatic rings. The lowest BCUT2D eigenvalue weighted by Gasteiger charge is -2.43. The van der Waals surface area contributed by atoms with Gasteiger partial charge in [-0.1, -0.05) is 62.7 Å². The van der Waals surface area contributed by atoms with E-state index in [2.05, 4.69) is 5.32 Å². The maximum absolute atomic E-state index is 15.9. The Morgan fingerprint density at radius 2 is 1.79 bits per heavy atom. The van der Waals surface area contributed by atoms with Gasteiger partial charge in [0.05, 0.1) is 12.7 Å². The molecule has 9 heteroatoms. The molecular formula is C29H30ClFN2O5. The molecule has 0 bridgehead atoms. The van der Waals surface area contributed by atoms with E-state index in [1.54, 1.807) is 12.1 Å². The van der Waals surface area contributed by atoms with Crippen LogP contribution in [0, 0.1) is 11.2 Å². The number of amides is 2. The van der Waals surface area contributed by atoms with Crippen molar-refractivity contribution in [2.24, 2.45) is 11.1 Å². The summed E-state index contributed by atoms with van der Waals surface area (Å²) in [6, 6.07) is 15.5. The first-order valence-corrected chi connectivity index (χ1v) is 12.4. The lowest BCUT2D eigenvalue weighted by Crippen LogP contribution is -2.53. The molecule has 1 heterocycles. The first kappa shape index (κ1) is 27.3. The van der Waals surface area contributed by atoms with Crippen LogP contribution in [0.4, 0.5) is 9.18 Å². The highest BCUT2D eigenvalue weighted by Crippen LogP contribution is 2.53. The minimum absolute atomic E-state index is 0.0128. The Morgan fingerprint density at radius 3 is 2.37 bits per heavy atom. The van der Waals surface area contributed by atoms with E-state index in [1.165, 1.54) is 26.3 Å². The summed E-state index contributed by atoms with van der Waals surface area (Å²) in [6.45, 7) is 5.74. The van der Waals surface area contributed by atoms with Gasteiger partial charge in [0.25, 0.3) is 5.91 Å². The summed E-state index contributed by atoms with van der Waals surface area (Å²) >= 11 is 6.72. The molecule has 4 rings (SSSR count). The standard InChI is InChI=1S/C29H30ClFN2O5/c1-28(2,3)26(37-27(32)35)29(16-9-7-6-8-10-16)15-18-20(38-29)14-12-19(30)22(18)23-17(25(34)33-4)11-13-21(36-5)24(23)31/h6-14,26H,15H2,1-5H3,(H2,32,35)(H,33,34)/t26-,29-/m0/s1. The fourth-order valence-electron chi connectivity index (χ4n) is 5.19. The molecule has 0 radical (unpaired) electrons. The van der Waals surface area contributed by atoms with Crippen molar-refractivity contribution in [2.75, 3.05) is 14.2 Å². The fourth-order valence-corrected chi connectivity index (χ4v) is 5.46. The second kappa shape index (κ2) is 10.2. The third-order valence-corrected chi connectivity index (χ3v) is 7.02. The third kappa shape index (κ3) is 4.65. The Labute approximate surface area is 226 Å². The van der Waals surface area contributed by atoms with Crippen molar-refractivity contribution < 1.29 is 28.2 Å². The number of nitrogens with one attached hydrogen (secondary N) is 1. The molecule has 2 amide bonds. The quantitative estimate of drug-likeness (QED) is 0.408. The molecule has 0 fully saturated rings. The summed E-state index contributed by atoms with van der Waals surface area (Å²) < 4.78 is 33.5. The average molecular weight is 541 g/mol. The van der Waals surface area contributed by atoms with E-state index in [0.717, 1.165) is 5.56 Å². The summed E-state index contributed by atoms with van der Waals surface area (Å²) in [6.07, 6.45) is -1.64. The van der Waals surface area contributed by atoms with Crippen LogP contribution in [-0.2, 0) is 16.8 Å². The SMILES string of the molecule is CNC(=O)c1ccc(OC)c(F)c1-c1c(Cl)ccc2c1C[C@](c1ccccc1)([C@@H](OC(N)=O)C(C)(C)C)O2. The van der Waals surface area contributed by atoms with Gasteiger partial charge in [-0.3, -0.25) is 4.79 Å². The average Bonchev–Trinajstić information content (AvgIpc) is 3.27. The van der Waals surface area contributed by atoms with Crippen molar-refractivity contribution in [3.63, 3.8) is 0 Å². The van der Waals surface area contributed by atoms with Crippen LogP contribution in [0.15, 0.2) is 54.6 Å². The minimum Gasteiger partial charge on any atom is -0.494 e. The summed E-state index contributed by atoms with van der Waals surface area (Å²) in [7, 11) is 2.81. The summed E-state index contributed by atoms with van der Waals surface area (Å²) in [5.41, 5.74) is 5.33. The molecular weight excluding hydrogens is 511 g/mol. The van der Waals surface area contributed by atoms with E-state index in [1.807, 2.05) is 51.1 Å². The number of rotatable bonds is 6. The highest BCUT2D eigenvalue weighted by Gasteiger charge is 2.55. The topological polar surface area (TPSA) is 99.9 Å². The molecule has 1 aliphatic heterocycles. The van der Waals surface area contributed by atoms with Crippen LogP contribution in [0.3, 0.4) is 0 Å². The van der Waals surface area contributed by atoms with Gasteiger partial charge in [-0.25, -0.2) is 9.18 Å². The number of benzene rings is 3. The molecule has 200 valence electrons. The maximum atomic E-state index is 15.9. The lowest BCUT2D eigenvalue weighted by molar-refractivity contribution is -0.100. The minimum atomic E-state index is -1.22.